The molecule has 1 aromatic carbocycles. The van der Waals surface area contributed by atoms with Gasteiger partial charge in [0.15, 0.2) is 11.5 Å². The van der Waals surface area contributed by atoms with Gasteiger partial charge in [0.25, 0.3) is 0 Å². The lowest BCUT2D eigenvalue weighted by molar-refractivity contribution is -0.138. The van der Waals surface area contributed by atoms with Crippen LogP contribution in [-0.4, -0.2) is 37.5 Å². The van der Waals surface area contributed by atoms with Crippen molar-refractivity contribution < 1.29 is 24.1 Å². The normalized spacial score (nSPS) is 17.5. The zero-order valence-electron chi connectivity index (χ0n) is 11.8. The van der Waals surface area contributed by atoms with Crippen molar-refractivity contribution in [1.29, 1.82) is 0 Å². The Labute approximate surface area is 118 Å². The van der Waals surface area contributed by atoms with E-state index in [0.717, 1.165) is 12.8 Å². The number of methoxy groups -OCH3 is 1. The third kappa shape index (κ3) is 3.42. The molecule has 1 aliphatic rings. The summed E-state index contributed by atoms with van der Waals surface area (Å²) in [6.45, 7) is 3.07. The van der Waals surface area contributed by atoms with Crippen LogP contribution in [0.3, 0.4) is 0 Å². The van der Waals surface area contributed by atoms with Gasteiger partial charge in [0.1, 0.15) is 6.10 Å². The predicted molar refractivity (Wildman–Crippen MR) is 73.5 cm³/mol. The molecule has 1 unspecified atom stereocenters. The van der Waals surface area contributed by atoms with Crippen molar-refractivity contribution in [1.82, 2.24) is 0 Å². The smallest absolute Gasteiger partial charge is 0.310 e. The molecule has 0 saturated carbocycles. The summed E-state index contributed by atoms with van der Waals surface area (Å²) in [7, 11) is 1.56. The van der Waals surface area contributed by atoms with Crippen LogP contribution < -0.4 is 9.47 Å². The molecule has 1 atom stereocenters. The highest BCUT2D eigenvalue weighted by Gasteiger charge is 2.19. The van der Waals surface area contributed by atoms with Crippen molar-refractivity contribution >= 4 is 5.97 Å². The third-order valence-electron chi connectivity index (χ3n) is 3.52. The third-order valence-corrected chi connectivity index (χ3v) is 3.52. The molecule has 20 heavy (non-hydrogen) atoms. The van der Waals surface area contributed by atoms with E-state index in [1.165, 1.54) is 0 Å². The second-order valence-corrected chi connectivity index (χ2v) is 4.90. The van der Waals surface area contributed by atoms with Gasteiger partial charge in [-0.05, 0) is 24.6 Å². The Kier molecular flexibility index (Phi) is 4.84. The van der Waals surface area contributed by atoms with Crippen LogP contribution in [0.5, 0.6) is 11.5 Å². The van der Waals surface area contributed by atoms with E-state index < -0.39 is 11.9 Å². The summed E-state index contributed by atoms with van der Waals surface area (Å²) in [5.41, 5.74) is 0.702. The first-order valence-corrected chi connectivity index (χ1v) is 6.77. The number of benzene rings is 1. The average Bonchev–Trinajstić information content (AvgIpc) is 2.48. The van der Waals surface area contributed by atoms with Crippen LogP contribution in [0.4, 0.5) is 0 Å². The molecular weight excluding hydrogens is 260 g/mol. The molecule has 1 aliphatic heterocycles. The first-order valence-electron chi connectivity index (χ1n) is 6.77. The maximum absolute atomic E-state index is 11.0. The van der Waals surface area contributed by atoms with E-state index in [1.54, 1.807) is 32.2 Å². The summed E-state index contributed by atoms with van der Waals surface area (Å²) in [6, 6.07) is 5.28. The van der Waals surface area contributed by atoms with Gasteiger partial charge >= 0.3 is 5.97 Å². The largest absolute Gasteiger partial charge is 0.493 e. The van der Waals surface area contributed by atoms with Gasteiger partial charge in [-0.2, -0.15) is 0 Å². The molecule has 0 aromatic heterocycles. The molecule has 1 aromatic rings. The van der Waals surface area contributed by atoms with Crippen molar-refractivity contribution in [3.8, 4) is 11.5 Å². The summed E-state index contributed by atoms with van der Waals surface area (Å²) in [4.78, 5) is 11.0. The van der Waals surface area contributed by atoms with Crippen molar-refractivity contribution in [3.05, 3.63) is 23.8 Å². The minimum absolute atomic E-state index is 0.125. The molecule has 1 saturated heterocycles. The lowest BCUT2D eigenvalue weighted by Gasteiger charge is -2.24. The van der Waals surface area contributed by atoms with Gasteiger partial charge in [0, 0.05) is 12.8 Å². The second-order valence-electron chi connectivity index (χ2n) is 4.90. The van der Waals surface area contributed by atoms with Gasteiger partial charge < -0.3 is 19.3 Å². The summed E-state index contributed by atoms with van der Waals surface area (Å²) in [5, 5.41) is 9.04. The number of ether oxygens (including phenoxy) is 3. The molecule has 0 amide bonds. The van der Waals surface area contributed by atoms with E-state index >= 15 is 0 Å². The minimum atomic E-state index is -0.856. The zero-order valence-corrected chi connectivity index (χ0v) is 11.8. The Bertz CT molecular complexity index is 465. The van der Waals surface area contributed by atoms with Crippen LogP contribution in [0.25, 0.3) is 0 Å². The van der Waals surface area contributed by atoms with Gasteiger partial charge in [0.05, 0.1) is 26.2 Å². The number of carboxylic acid groups (broad SMARTS) is 1. The molecule has 0 aliphatic carbocycles. The molecule has 110 valence electrons. The van der Waals surface area contributed by atoms with Crippen LogP contribution >= 0.6 is 0 Å². The zero-order chi connectivity index (χ0) is 14.5. The highest BCUT2D eigenvalue weighted by molar-refractivity contribution is 5.75. The number of aliphatic carboxylic acids is 1. The van der Waals surface area contributed by atoms with Crippen LogP contribution in [-0.2, 0) is 9.53 Å². The molecule has 5 heteroatoms. The number of carboxylic acids is 1. The van der Waals surface area contributed by atoms with Gasteiger partial charge in [0.2, 0.25) is 0 Å². The maximum Gasteiger partial charge on any atom is 0.310 e. The number of rotatable bonds is 5. The molecule has 5 nitrogen and oxygen atoms in total. The first kappa shape index (κ1) is 14.7. The molecule has 0 bridgehead atoms. The van der Waals surface area contributed by atoms with Crippen LogP contribution in [0, 0.1) is 0 Å². The molecule has 1 fully saturated rings. The maximum atomic E-state index is 11.0. The van der Waals surface area contributed by atoms with E-state index in [-0.39, 0.29) is 6.10 Å². The van der Waals surface area contributed by atoms with Crippen molar-refractivity contribution in [2.45, 2.75) is 31.8 Å². The molecule has 1 heterocycles. The number of carbonyl (C=O) groups is 1. The fourth-order valence-corrected chi connectivity index (χ4v) is 2.17. The molecule has 0 radical (unpaired) electrons. The lowest BCUT2D eigenvalue weighted by atomic mass is 10.0. The Morgan fingerprint density at radius 2 is 2.05 bits per heavy atom. The summed E-state index contributed by atoms with van der Waals surface area (Å²) < 4.78 is 16.5. The Morgan fingerprint density at radius 1 is 1.35 bits per heavy atom. The molecule has 0 spiro atoms. The summed E-state index contributed by atoms with van der Waals surface area (Å²) >= 11 is 0. The Morgan fingerprint density at radius 3 is 2.65 bits per heavy atom. The monoisotopic (exact) mass is 280 g/mol. The van der Waals surface area contributed by atoms with Gasteiger partial charge in [-0.25, -0.2) is 0 Å². The molecule has 1 N–H and O–H groups in total. The van der Waals surface area contributed by atoms with Crippen molar-refractivity contribution in [2.75, 3.05) is 20.3 Å². The standard InChI is InChI=1S/C15H20O5/c1-10(15(16)17)11-3-4-13(14(9-11)18-2)20-12-5-7-19-8-6-12/h3-4,9-10,12H,5-8H2,1-2H3,(H,16,17). The average molecular weight is 280 g/mol. The summed E-state index contributed by atoms with van der Waals surface area (Å²) in [5.74, 6) is -0.200. The fraction of sp³-hybridized carbons (Fsp3) is 0.533. The number of hydrogen-bond donors (Lipinski definition) is 1. The molecule has 2 rings (SSSR count). The van der Waals surface area contributed by atoms with E-state index in [2.05, 4.69) is 0 Å². The van der Waals surface area contributed by atoms with Crippen molar-refractivity contribution in [2.24, 2.45) is 0 Å². The van der Waals surface area contributed by atoms with Crippen LogP contribution in [0.15, 0.2) is 18.2 Å². The Hall–Kier alpha value is -1.75. The Balaban J connectivity index is 2.14. The number of hydrogen-bond acceptors (Lipinski definition) is 4. The van der Waals surface area contributed by atoms with E-state index in [0.29, 0.717) is 30.3 Å². The fourth-order valence-electron chi connectivity index (χ4n) is 2.17. The first-order chi connectivity index (χ1) is 9.61. The lowest BCUT2D eigenvalue weighted by Crippen LogP contribution is -2.26. The minimum Gasteiger partial charge on any atom is -0.493 e. The second kappa shape index (κ2) is 6.61. The SMILES string of the molecule is COc1cc(C(C)C(=O)O)ccc1OC1CCOCC1. The van der Waals surface area contributed by atoms with Gasteiger partial charge in [-0.1, -0.05) is 6.07 Å². The van der Waals surface area contributed by atoms with Crippen LogP contribution in [0.2, 0.25) is 0 Å². The molecular formula is C15H20O5. The van der Waals surface area contributed by atoms with E-state index in [9.17, 15) is 4.79 Å². The predicted octanol–water partition coefficient (Wildman–Crippen LogP) is 2.44. The van der Waals surface area contributed by atoms with Gasteiger partial charge in [-0.3, -0.25) is 4.79 Å². The topological polar surface area (TPSA) is 65.0 Å². The highest BCUT2D eigenvalue weighted by Crippen LogP contribution is 2.32. The quantitative estimate of drug-likeness (QED) is 0.897. The van der Waals surface area contributed by atoms with E-state index in [4.69, 9.17) is 19.3 Å². The highest BCUT2D eigenvalue weighted by atomic mass is 16.5. The van der Waals surface area contributed by atoms with Gasteiger partial charge in [-0.15, -0.1) is 0 Å². The summed E-state index contributed by atoms with van der Waals surface area (Å²) in [6.07, 6.45) is 1.84. The van der Waals surface area contributed by atoms with E-state index in [1.807, 2.05) is 0 Å². The van der Waals surface area contributed by atoms with Crippen LogP contribution in [0.1, 0.15) is 31.2 Å². The van der Waals surface area contributed by atoms with Crippen molar-refractivity contribution in [3.63, 3.8) is 0 Å².